The summed E-state index contributed by atoms with van der Waals surface area (Å²) in [6.45, 7) is -1.25. The van der Waals surface area contributed by atoms with Crippen molar-refractivity contribution in [2.45, 2.75) is 19.1 Å². The van der Waals surface area contributed by atoms with Crippen LogP contribution in [-0.2, 0) is 16.1 Å². The monoisotopic (exact) mass is 347 g/mol. The third kappa shape index (κ3) is 8.33. The minimum Gasteiger partial charge on any atom is -0.480 e. The molecule has 0 saturated carbocycles. The van der Waals surface area contributed by atoms with Gasteiger partial charge in [0.05, 0.1) is 6.54 Å². The number of carbonyl (C=O) groups is 2. The largest absolute Gasteiger partial charge is 0.490 e. The number of anilines is 1. The predicted molar refractivity (Wildman–Crippen MR) is 64.3 cm³/mol. The summed E-state index contributed by atoms with van der Waals surface area (Å²) in [5.74, 6) is -4.25. The van der Waals surface area contributed by atoms with Crippen LogP contribution < -0.4 is 10.9 Å². The number of aromatic nitrogens is 2. The Morgan fingerprint density at radius 3 is 2.22 bits per heavy atom. The number of carboxylic acids is 2. The summed E-state index contributed by atoms with van der Waals surface area (Å²) >= 11 is 0. The molecule has 0 spiro atoms. The van der Waals surface area contributed by atoms with Crippen molar-refractivity contribution in [3.63, 3.8) is 0 Å². The molecule has 0 saturated heterocycles. The van der Waals surface area contributed by atoms with E-state index in [2.05, 4.69) is 10.3 Å². The van der Waals surface area contributed by atoms with Crippen molar-refractivity contribution in [1.82, 2.24) is 9.55 Å². The molecule has 23 heavy (non-hydrogen) atoms. The molecule has 8 nitrogen and oxygen atoms in total. The molecule has 1 heterocycles. The molecular weight excluding hydrogens is 337 g/mol. The fourth-order valence-electron chi connectivity index (χ4n) is 1.01. The summed E-state index contributed by atoms with van der Waals surface area (Å²) < 4.78 is 56.3. The molecule has 0 unspecified atom stereocenters. The van der Waals surface area contributed by atoms with Crippen molar-refractivity contribution >= 4 is 17.8 Å². The average molecular weight is 347 g/mol. The van der Waals surface area contributed by atoms with Gasteiger partial charge < -0.3 is 15.5 Å². The molecule has 1 rings (SSSR count). The van der Waals surface area contributed by atoms with E-state index in [4.69, 9.17) is 15.0 Å². The summed E-state index contributed by atoms with van der Waals surface area (Å²) in [5, 5.41) is 17.7. The van der Waals surface area contributed by atoms with Gasteiger partial charge in [-0.3, -0.25) is 14.2 Å². The van der Waals surface area contributed by atoms with Gasteiger partial charge in [0, 0.05) is 12.4 Å². The van der Waals surface area contributed by atoms with Crippen LogP contribution in [-0.4, -0.2) is 50.8 Å². The van der Waals surface area contributed by atoms with E-state index < -0.39 is 43.2 Å². The number of carboxylic acid groups (broad SMARTS) is 2. The van der Waals surface area contributed by atoms with E-state index in [0.29, 0.717) is 0 Å². The Hall–Kier alpha value is -2.73. The van der Waals surface area contributed by atoms with E-state index in [-0.39, 0.29) is 5.82 Å². The zero-order chi connectivity index (χ0) is 18.2. The molecule has 1 aromatic rings. The number of hydrogen-bond donors (Lipinski definition) is 3. The van der Waals surface area contributed by atoms with Gasteiger partial charge in [-0.2, -0.15) is 13.2 Å². The smallest absolute Gasteiger partial charge is 0.480 e. The minimum atomic E-state index is -5.08. The van der Waals surface area contributed by atoms with Gasteiger partial charge in [0.2, 0.25) is 0 Å². The van der Waals surface area contributed by atoms with Crippen LogP contribution in [0.1, 0.15) is 0 Å². The Kier molecular flexibility index (Phi) is 7.62. The highest BCUT2D eigenvalue weighted by Crippen LogP contribution is 2.13. The summed E-state index contributed by atoms with van der Waals surface area (Å²) in [6.07, 6.45) is -5.36. The van der Waals surface area contributed by atoms with Gasteiger partial charge in [0.1, 0.15) is 6.54 Å². The number of rotatable bonds is 5. The predicted octanol–water partition coefficient (Wildman–Crippen LogP) is 0.638. The van der Waals surface area contributed by atoms with Crippen LogP contribution in [0.25, 0.3) is 0 Å². The second-order valence-corrected chi connectivity index (χ2v) is 3.68. The van der Waals surface area contributed by atoms with Crippen molar-refractivity contribution in [2.24, 2.45) is 0 Å². The maximum atomic E-state index is 11.9. The minimum absolute atomic E-state index is 0.288. The Morgan fingerprint density at radius 1 is 1.30 bits per heavy atom. The lowest BCUT2D eigenvalue weighted by molar-refractivity contribution is -0.192. The van der Waals surface area contributed by atoms with E-state index >= 15 is 0 Å². The normalized spacial score (nSPS) is 10.7. The van der Waals surface area contributed by atoms with E-state index in [1.54, 1.807) is 0 Å². The van der Waals surface area contributed by atoms with Gasteiger partial charge in [-0.05, 0) is 0 Å². The molecule has 1 aromatic heterocycles. The van der Waals surface area contributed by atoms with Gasteiger partial charge in [-0.15, -0.1) is 0 Å². The standard InChI is InChI=1S/C8H9F2N3O3.C2HF3O2/c9-5(10)3-12-7-8(16)13(2-1-11-7)4-6(14)15;3-2(4,5)1(6)7/h1-2,5H,3-4H2,(H,11,12)(H,14,15);(H,6,7). The number of alkyl halides is 5. The van der Waals surface area contributed by atoms with Crippen molar-refractivity contribution < 1.29 is 41.8 Å². The van der Waals surface area contributed by atoms with Crippen LogP contribution >= 0.6 is 0 Å². The highest BCUT2D eigenvalue weighted by molar-refractivity contribution is 5.73. The van der Waals surface area contributed by atoms with Crippen LogP contribution in [0.2, 0.25) is 0 Å². The molecule has 13 heteroatoms. The third-order valence-electron chi connectivity index (χ3n) is 1.89. The van der Waals surface area contributed by atoms with Crippen LogP contribution in [0.3, 0.4) is 0 Å². The third-order valence-corrected chi connectivity index (χ3v) is 1.89. The molecule has 0 aliphatic rings. The highest BCUT2D eigenvalue weighted by Gasteiger charge is 2.38. The maximum absolute atomic E-state index is 11.9. The molecule has 0 atom stereocenters. The molecular formula is C10H10F5N3O5. The van der Waals surface area contributed by atoms with Gasteiger partial charge in [-0.1, -0.05) is 0 Å². The van der Waals surface area contributed by atoms with Crippen molar-refractivity contribution in [1.29, 1.82) is 0 Å². The SMILES string of the molecule is O=C(O)C(F)(F)F.O=C(O)Cn1ccnc(NCC(F)F)c1=O. The molecule has 0 fully saturated rings. The fourth-order valence-corrected chi connectivity index (χ4v) is 1.01. The lowest BCUT2D eigenvalue weighted by atomic mass is 10.5. The molecule has 0 aliphatic heterocycles. The lowest BCUT2D eigenvalue weighted by Crippen LogP contribution is -2.28. The molecule has 0 amide bonds. The van der Waals surface area contributed by atoms with Crippen molar-refractivity contribution in [3.05, 3.63) is 22.7 Å². The first kappa shape index (κ1) is 20.3. The van der Waals surface area contributed by atoms with E-state index in [1.165, 1.54) is 6.20 Å². The summed E-state index contributed by atoms with van der Waals surface area (Å²) in [7, 11) is 0. The number of nitrogens with zero attached hydrogens (tertiary/aromatic N) is 2. The first-order chi connectivity index (χ1) is 10.4. The summed E-state index contributed by atoms with van der Waals surface area (Å²) in [4.78, 5) is 34.3. The number of halogens is 5. The van der Waals surface area contributed by atoms with Crippen LogP contribution in [0.15, 0.2) is 17.2 Å². The Morgan fingerprint density at radius 2 is 1.83 bits per heavy atom. The van der Waals surface area contributed by atoms with Crippen molar-refractivity contribution in [3.8, 4) is 0 Å². The number of nitrogens with one attached hydrogen (secondary N) is 1. The van der Waals surface area contributed by atoms with Gasteiger partial charge in [-0.25, -0.2) is 18.6 Å². The average Bonchev–Trinajstić information content (AvgIpc) is 2.38. The zero-order valence-electron chi connectivity index (χ0n) is 11.0. The second kappa shape index (κ2) is 8.65. The number of hydrogen-bond acceptors (Lipinski definition) is 5. The van der Waals surface area contributed by atoms with Crippen molar-refractivity contribution in [2.75, 3.05) is 11.9 Å². The van der Waals surface area contributed by atoms with Crippen LogP contribution in [0.4, 0.5) is 27.8 Å². The van der Waals surface area contributed by atoms with E-state index in [0.717, 1.165) is 10.8 Å². The summed E-state index contributed by atoms with van der Waals surface area (Å²) in [5.41, 5.74) is -0.745. The highest BCUT2D eigenvalue weighted by atomic mass is 19.4. The molecule has 0 bridgehead atoms. The van der Waals surface area contributed by atoms with E-state index in [9.17, 15) is 31.5 Å². The Balaban J connectivity index is 0.000000585. The molecule has 0 radical (unpaired) electrons. The molecule has 3 N–H and O–H groups in total. The summed E-state index contributed by atoms with van der Waals surface area (Å²) in [6, 6.07) is 0. The maximum Gasteiger partial charge on any atom is 0.490 e. The molecule has 0 aliphatic carbocycles. The molecule has 0 aromatic carbocycles. The van der Waals surface area contributed by atoms with Gasteiger partial charge in [0.15, 0.2) is 5.82 Å². The van der Waals surface area contributed by atoms with Crippen LogP contribution in [0.5, 0.6) is 0 Å². The Labute approximate surface area is 124 Å². The first-order valence-corrected chi connectivity index (χ1v) is 5.54. The molecule has 130 valence electrons. The topological polar surface area (TPSA) is 122 Å². The van der Waals surface area contributed by atoms with Gasteiger partial charge >= 0.3 is 18.1 Å². The lowest BCUT2D eigenvalue weighted by Gasteiger charge is -2.06. The fraction of sp³-hybridized carbons (Fsp3) is 0.400. The van der Waals surface area contributed by atoms with E-state index in [1.807, 2.05) is 0 Å². The van der Waals surface area contributed by atoms with Crippen LogP contribution in [0, 0.1) is 0 Å². The quantitative estimate of drug-likeness (QED) is 0.668. The zero-order valence-corrected chi connectivity index (χ0v) is 11.0. The Bertz CT molecular complexity index is 601. The van der Waals surface area contributed by atoms with Gasteiger partial charge in [0.25, 0.3) is 12.0 Å². The number of aliphatic carboxylic acids is 2. The second-order valence-electron chi connectivity index (χ2n) is 3.68. The first-order valence-electron chi connectivity index (χ1n) is 5.54.